The number of hydrogen-bond acceptors (Lipinski definition) is 7. The summed E-state index contributed by atoms with van der Waals surface area (Å²) in [4.78, 5) is 42.1. The number of carboxylic acid groups (broad SMARTS) is 2. The number of aliphatic carboxylic acids is 2. The number of anilines is 1. The molecule has 2 saturated heterocycles. The Morgan fingerprint density at radius 1 is 1.12 bits per heavy atom. The molecule has 1 aromatic carbocycles. The van der Waals surface area contributed by atoms with Crippen LogP contribution in [0.2, 0.25) is 0 Å². The molecule has 2 aliphatic rings. The first kappa shape index (κ1) is 24.2. The average Bonchev–Trinajstić information content (AvgIpc) is 3.35. The third kappa shape index (κ3) is 5.40. The third-order valence-electron chi connectivity index (χ3n) is 6.53. The van der Waals surface area contributed by atoms with Crippen molar-refractivity contribution in [3.8, 4) is 0 Å². The van der Waals surface area contributed by atoms with Gasteiger partial charge in [-0.05, 0) is 24.6 Å². The Morgan fingerprint density at radius 2 is 1.85 bits per heavy atom. The van der Waals surface area contributed by atoms with E-state index >= 15 is 0 Å². The van der Waals surface area contributed by atoms with Crippen molar-refractivity contribution < 1.29 is 33.0 Å². The Labute approximate surface area is 196 Å². The van der Waals surface area contributed by atoms with E-state index in [1.54, 1.807) is 24.4 Å². The smallest absolute Gasteiger partial charge is 0.325 e. The summed E-state index contributed by atoms with van der Waals surface area (Å²) in [6.45, 7) is 2.17. The van der Waals surface area contributed by atoms with Crippen LogP contribution in [0.5, 0.6) is 0 Å². The summed E-state index contributed by atoms with van der Waals surface area (Å²) in [6.07, 6.45) is 1.85. The van der Waals surface area contributed by atoms with Gasteiger partial charge in [0.2, 0.25) is 5.91 Å². The van der Waals surface area contributed by atoms with Crippen LogP contribution in [0.15, 0.2) is 24.4 Å². The average molecular weight is 493 g/mol. The van der Waals surface area contributed by atoms with E-state index in [-0.39, 0.29) is 30.4 Å². The Hall–Kier alpha value is -2.96. The number of carboxylic acids is 2. The van der Waals surface area contributed by atoms with Gasteiger partial charge in [-0.2, -0.15) is 0 Å². The van der Waals surface area contributed by atoms with Crippen LogP contribution in [0.1, 0.15) is 30.9 Å². The lowest BCUT2D eigenvalue weighted by atomic mass is 10.0. The lowest BCUT2D eigenvalue weighted by molar-refractivity contribution is -0.144. The second-order valence-corrected chi connectivity index (χ2v) is 11.0. The van der Waals surface area contributed by atoms with E-state index < -0.39 is 33.7 Å². The lowest BCUT2D eigenvalue weighted by Gasteiger charge is -2.40. The number of carbonyl (C=O) groups is 3. The molecule has 3 heterocycles. The van der Waals surface area contributed by atoms with Crippen molar-refractivity contribution in [3.05, 3.63) is 30.0 Å². The zero-order chi connectivity index (χ0) is 24.5. The number of hydrogen-bond donors (Lipinski definition) is 4. The van der Waals surface area contributed by atoms with Crippen LogP contribution in [-0.4, -0.2) is 95.0 Å². The molecule has 1 amide bonds. The van der Waals surface area contributed by atoms with Crippen LogP contribution >= 0.6 is 0 Å². The van der Waals surface area contributed by atoms with Crippen molar-refractivity contribution in [3.63, 3.8) is 0 Å². The summed E-state index contributed by atoms with van der Waals surface area (Å²) in [5.74, 6) is -2.11. The lowest BCUT2D eigenvalue weighted by Crippen LogP contribution is -2.52. The maximum absolute atomic E-state index is 12.3. The van der Waals surface area contributed by atoms with E-state index in [9.17, 15) is 27.9 Å². The van der Waals surface area contributed by atoms with Gasteiger partial charge in [0.05, 0.1) is 17.9 Å². The van der Waals surface area contributed by atoms with Gasteiger partial charge in [0, 0.05) is 67.0 Å². The first-order valence-electron chi connectivity index (χ1n) is 11.2. The van der Waals surface area contributed by atoms with Crippen LogP contribution in [0.3, 0.4) is 0 Å². The van der Waals surface area contributed by atoms with Crippen molar-refractivity contribution >= 4 is 44.3 Å². The number of H-pyrrole nitrogens is 1. The summed E-state index contributed by atoms with van der Waals surface area (Å²) in [6, 6.07) is 4.20. The van der Waals surface area contributed by atoms with Gasteiger partial charge >= 0.3 is 11.9 Å². The Kier molecular flexibility index (Phi) is 6.91. The highest BCUT2D eigenvalue weighted by atomic mass is 32.2. The van der Waals surface area contributed by atoms with Gasteiger partial charge < -0.3 is 20.5 Å². The standard InChI is InChI=1S/C22H28N4O7S/c27-19(3-4-20(28)29)24-14-1-2-18-16(11-14)17(12-23-18)21(22(30)31)26-8-6-25(7-9-26)15-5-10-34(32,33)13-15/h1-2,11-12,15,21,23H,3-10,13H2,(H,24,27)(H,28,29)(H,30,31)/t15-,21+/m0/s1. The molecule has 0 radical (unpaired) electrons. The van der Waals surface area contributed by atoms with E-state index in [2.05, 4.69) is 15.2 Å². The second-order valence-electron chi connectivity index (χ2n) is 8.82. The van der Waals surface area contributed by atoms with E-state index in [1.807, 2.05) is 4.90 Å². The molecule has 1 aromatic heterocycles. The molecule has 184 valence electrons. The van der Waals surface area contributed by atoms with Crippen molar-refractivity contribution in [2.75, 3.05) is 43.0 Å². The van der Waals surface area contributed by atoms with E-state index in [4.69, 9.17) is 5.11 Å². The van der Waals surface area contributed by atoms with Crippen molar-refractivity contribution in [1.82, 2.24) is 14.8 Å². The first-order valence-corrected chi connectivity index (χ1v) is 13.0. The largest absolute Gasteiger partial charge is 0.481 e. The molecule has 0 unspecified atom stereocenters. The van der Waals surface area contributed by atoms with E-state index in [0.29, 0.717) is 49.2 Å². The molecule has 11 nitrogen and oxygen atoms in total. The summed E-state index contributed by atoms with van der Waals surface area (Å²) in [5, 5.41) is 22.1. The van der Waals surface area contributed by atoms with Gasteiger partial charge in [0.15, 0.2) is 9.84 Å². The highest BCUT2D eigenvalue weighted by molar-refractivity contribution is 7.91. The van der Waals surface area contributed by atoms with Gasteiger partial charge in [-0.25, -0.2) is 8.42 Å². The number of rotatable bonds is 8. The van der Waals surface area contributed by atoms with E-state index in [0.717, 1.165) is 5.52 Å². The fraction of sp³-hybridized carbons (Fsp3) is 0.500. The zero-order valence-corrected chi connectivity index (χ0v) is 19.4. The third-order valence-corrected chi connectivity index (χ3v) is 8.28. The highest BCUT2D eigenvalue weighted by Crippen LogP contribution is 2.32. The number of fused-ring (bicyclic) bond motifs is 1. The van der Waals surface area contributed by atoms with Gasteiger partial charge in [0.1, 0.15) is 6.04 Å². The molecule has 2 atom stereocenters. The molecule has 0 aliphatic carbocycles. The zero-order valence-electron chi connectivity index (χ0n) is 18.6. The van der Waals surface area contributed by atoms with Crippen molar-refractivity contribution in [2.24, 2.45) is 0 Å². The minimum Gasteiger partial charge on any atom is -0.481 e. The van der Waals surface area contributed by atoms with Crippen LogP contribution in [0.25, 0.3) is 10.9 Å². The first-order chi connectivity index (χ1) is 16.1. The normalized spacial score (nSPS) is 21.9. The molecule has 4 rings (SSSR count). The molecule has 0 spiro atoms. The van der Waals surface area contributed by atoms with Crippen molar-refractivity contribution in [2.45, 2.75) is 31.3 Å². The monoisotopic (exact) mass is 492 g/mol. The highest BCUT2D eigenvalue weighted by Gasteiger charge is 2.37. The molecule has 12 heteroatoms. The number of amides is 1. The Morgan fingerprint density at radius 3 is 2.47 bits per heavy atom. The van der Waals surface area contributed by atoms with Crippen LogP contribution in [-0.2, 0) is 24.2 Å². The summed E-state index contributed by atoms with van der Waals surface area (Å²) in [7, 11) is -2.98. The van der Waals surface area contributed by atoms with Crippen LogP contribution in [0, 0.1) is 0 Å². The number of nitrogens with zero attached hydrogens (tertiary/aromatic N) is 2. The molecular weight excluding hydrogens is 464 g/mol. The predicted molar refractivity (Wildman–Crippen MR) is 124 cm³/mol. The van der Waals surface area contributed by atoms with Gasteiger partial charge in [0.25, 0.3) is 0 Å². The maximum atomic E-state index is 12.3. The van der Waals surface area contributed by atoms with E-state index in [1.165, 1.54) is 0 Å². The molecule has 2 aliphatic heterocycles. The summed E-state index contributed by atoms with van der Waals surface area (Å²) >= 11 is 0. The molecular formula is C22H28N4O7S. The number of benzene rings is 1. The van der Waals surface area contributed by atoms with Crippen LogP contribution in [0.4, 0.5) is 5.69 Å². The SMILES string of the molecule is O=C(O)CCC(=O)Nc1ccc2[nH]cc([C@H](C(=O)O)N3CCN([C@H]4CCS(=O)(=O)C4)CC3)c2c1. The molecule has 4 N–H and O–H groups in total. The number of aromatic nitrogens is 1. The minimum atomic E-state index is -2.98. The quantitative estimate of drug-likeness (QED) is 0.420. The molecule has 34 heavy (non-hydrogen) atoms. The number of piperazine rings is 1. The summed E-state index contributed by atoms with van der Waals surface area (Å²) < 4.78 is 23.6. The minimum absolute atomic E-state index is 0.00388. The van der Waals surface area contributed by atoms with Crippen molar-refractivity contribution in [1.29, 1.82) is 0 Å². The molecule has 0 bridgehead atoms. The second kappa shape index (κ2) is 9.72. The number of nitrogens with one attached hydrogen (secondary N) is 2. The molecule has 0 saturated carbocycles. The molecule has 2 fully saturated rings. The fourth-order valence-electron chi connectivity index (χ4n) is 4.80. The number of aromatic amines is 1. The summed E-state index contributed by atoms with van der Waals surface area (Å²) in [5.41, 5.74) is 1.75. The Balaban J connectivity index is 1.49. The Bertz CT molecular complexity index is 1200. The van der Waals surface area contributed by atoms with Gasteiger partial charge in [-0.15, -0.1) is 0 Å². The molecule has 2 aromatic rings. The van der Waals surface area contributed by atoms with Gasteiger partial charge in [-0.3, -0.25) is 24.2 Å². The number of carbonyl (C=O) groups excluding carboxylic acids is 1. The number of sulfone groups is 1. The maximum Gasteiger partial charge on any atom is 0.325 e. The van der Waals surface area contributed by atoms with Gasteiger partial charge in [-0.1, -0.05) is 0 Å². The predicted octanol–water partition coefficient (Wildman–Crippen LogP) is 0.902. The topological polar surface area (TPSA) is 160 Å². The fourth-order valence-corrected chi connectivity index (χ4v) is 6.56. The van der Waals surface area contributed by atoms with Crippen LogP contribution < -0.4 is 5.32 Å².